The van der Waals surface area contributed by atoms with Crippen LogP contribution >= 0.6 is 0 Å². The van der Waals surface area contributed by atoms with E-state index < -0.39 is 9.84 Å². The van der Waals surface area contributed by atoms with Gasteiger partial charge in [-0.05, 0) is 24.5 Å². The lowest BCUT2D eigenvalue weighted by molar-refractivity contribution is -0.116. The van der Waals surface area contributed by atoms with Crippen molar-refractivity contribution in [3.63, 3.8) is 0 Å². The molecule has 0 fully saturated rings. The monoisotopic (exact) mass is 326 g/mol. The highest BCUT2D eigenvalue weighted by Gasteiger charge is 2.12. The Morgan fingerprint density at radius 1 is 1.18 bits per heavy atom. The van der Waals surface area contributed by atoms with Crippen molar-refractivity contribution in [2.75, 3.05) is 23.9 Å². The zero-order chi connectivity index (χ0) is 16.8. The van der Waals surface area contributed by atoms with Gasteiger partial charge in [-0.2, -0.15) is 0 Å². The molecule has 0 radical (unpaired) electrons. The third-order valence-electron chi connectivity index (χ3n) is 3.31. The fourth-order valence-corrected chi connectivity index (χ4v) is 2.65. The van der Waals surface area contributed by atoms with Crippen LogP contribution in [-0.4, -0.2) is 38.9 Å². The summed E-state index contributed by atoms with van der Waals surface area (Å²) >= 11 is 0. The Hall–Kier alpha value is -1.40. The zero-order valence-corrected chi connectivity index (χ0v) is 14.5. The van der Waals surface area contributed by atoms with Gasteiger partial charge in [-0.15, -0.1) is 0 Å². The van der Waals surface area contributed by atoms with Crippen LogP contribution in [0.2, 0.25) is 0 Å². The molecule has 1 aromatic rings. The maximum atomic E-state index is 12.1. The summed E-state index contributed by atoms with van der Waals surface area (Å²) < 4.78 is 22.1. The van der Waals surface area contributed by atoms with Crippen LogP contribution in [0, 0.1) is 0 Å². The second kappa shape index (κ2) is 8.29. The van der Waals surface area contributed by atoms with E-state index in [1.807, 2.05) is 31.2 Å². The van der Waals surface area contributed by atoms with E-state index in [0.717, 1.165) is 11.3 Å². The van der Waals surface area contributed by atoms with Crippen molar-refractivity contribution in [3.05, 3.63) is 29.8 Å². The summed E-state index contributed by atoms with van der Waals surface area (Å²) in [7, 11) is -2.98. The van der Waals surface area contributed by atoms with Crippen molar-refractivity contribution in [1.29, 1.82) is 0 Å². The molecule has 1 atom stereocenters. The number of benzene rings is 1. The SMILES string of the molecule is CC(CC(=O)Nc1ccccc1C(C)C)NCCS(C)(=O)=O. The smallest absolute Gasteiger partial charge is 0.225 e. The summed E-state index contributed by atoms with van der Waals surface area (Å²) in [6.45, 7) is 6.40. The highest BCUT2D eigenvalue weighted by molar-refractivity contribution is 7.90. The summed E-state index contributed by atoms with van der Waals surface area (Å²) in [5.41, 5.74) is 1.94. The minimum absolute atomic E-state index is 0.0760. The Kier molecular flexibility index (Phi) is 7.03. The fourth-order valence-electron chi connectivity index (χ4n) is 2.16. The van der Waals surface area contributed by atoms with Gasteiger partial charge < -0.3 is 10.6 Å². The zero-order valence-electron chi connectivity index (χ0n) is 13.7. The molecule has 0 aliphatic carbocycles. The van der Waals surface area contributed by atoms with Crippen molar-refractivity contribution in [3.8, 4) is 0 Å². The van der Waals surface area contributed by atoms with Gasteiger partial charge in [-0.1, -0.05) is 32.0 Å². The largest absolute Gasteiger partial charge is 0.326 e. The first-order valence-electron chi connectivity index (χ1n) is 7.49. The number of amides is 1. The molecular weight excluding hydrogens is 300 g/mol. The van der Waals surface area contributed by atoms with Crippen LogP contribution in [0.3, 0.4) is 0 Å². The number of sulfone groups is 1. The Morgan fingerprint density at radius 3 is 2.41 bits per heavy atom. The summed E-state index contributed by atoms with van der Waals surface area (Å²) in [5.74, 6) is 0.337. The second-order valence-electron chi connectivity index (χ2n) is 5.98. The maximum absolute atomic E-state index is 12.1. The average molecular weight is 326 g/mol. The van der Waals surface area contributed by atoms with Gasteiger partial charge in [-0.3, -0.25) is 4.79 Å². The molecule has 5 nitrogen and oxygen atoms in total. The molecule has 1 rings (SSSR count). The predicted octanol–water partition coefficient (Wildman–Crippen LogP) is 2.16. The van der Waals surface area contributed by atoms with E-state index in [2.05, 4.69) is 24.5 Å². The summed E-state index contributed by atoms with van der Waals surface area (Å²) in [5, 5.41) is 5.99. The van der Waals surface area contributed by atoms with Gasteiger partial charge in [0.25, 0.3) is 0 Å². The molecule has 6 heteroatoms. The van der Waals surface area contributed by atoms with Crippen LogP contribution in [0.4, 0.5) is 5.69 Å². The molecular formula is C16H26N2O3S. The molecule has 1 unspecified atom stereocenters. The fraction of sp³-hybridized carbons (Fsp3) is 0.562. The van der Waals surface area contributed by atoms with Crippen LogP contribution < -0.4 is 10.6 Å². The molecule has 0 saturated heterocycles. The predicted molar refractivity (Wildman–Crippen MR) is 91.0 cm³/mol. The number of anilines is 1. The van der Waals surface area contributed by atoms with E-state index in [9.17, 15) is 13.2 Å². The molecule has 124 valence electrons. The number of carbonyl (C=O) groups is 1. The van der Waals surface area contributed by atoms with E-state index in [1.54, 1.807) is 0 Å². The van der Waals surface area contributed by atoms with E-state index in [1.165, 1.54) is 6.26 Å². The second-order valence-corrected chi connectivity index (χ2v) is 8.24. The van der Waals surface area contributed by atoms with Crippen LogP contribution in [0.5, 0.6) is 0 Å². The summed E-state index contributed by atoms with van der Waals surface area (Å²) in [6, 6.07) is 7.69. The van der Waals surface area contributed by atoms with Gasteiger partial charge in [0.05, 0.1) is 5.75 Å². The van der Waals surface area contributed by atoms with Crippen LogP contribution in [0.25, 0.3) is 0 Å². The molecule has 22 heavy (non-hydrogen) atoms. The standard InChI is InChI=1S/C16H26N2O3S/c1-12(2)14-7-5-6-8-15(14)18-16(19)11-13(3)17-9-10-22(4,20)21/h5-8,12-13,17H,9-11H2,1-4H3,(H,18,19). The number of rotatable bonds is 8. The van der Waals surface area contributed by atoms with Crippen LogP contribution in [0.1, 0.15) is 38.7 Å². The molecule has 0 saturated carbocycles. The first-order valence-corrected chi connectivity index (χ1v) is 9.55. The number of hydrogen-bond donors (Lipinski definition) is 2. The Morgan fingerprint density at radius 2 is 1.82 bits per heavy atom. The molecule has 0 bridgehead atoms. The topological polar surface area (TPSA) is 75.3 Å². The number of carbonyl (C=O) groups excluding carboxylic acids is 1. The van der Waals surface area contributed by atoms with Crippen molar-refractivity contribution in [1.82, 2.24) is 5.32 Å². The summed E-state index contributed by atoms with van der Waals surface area (Å²) in [6.07, 6.45) is 1.51. The molecule has 1 aromatic carbocycles. The third kappa shape index (κ3) is 7.04. The highest BCUT2D eigenvalue weighted by Crippen LogP contribution is 2.23. The van der Waals surface area contributed by atoms with Gasteiger partial charge in [0, 0.05) is 31.0 Å². The van der Waals surface area contributed by atoms with Crippen molar-refractivity contribution < 1.29 is 13.2 Å². The van der Waals surface area contributed by atoms with E-state index >= 15 is 0 Å². The van der Waals surface area contributed by atoms with E-state index in [4.69, 9.17) is 0 Å². The van der Waals surface area contributed by atoms with Gasteiger partial charge >= 0.3 is 0 Å². The lowest BCUT2D eigenvalue weighted by Crippen LogP contribution is -2.34. The van der Waals surface area contributed by atoms with Crippen molar-refractivity contribution in [2.24, 2.45) is 0 Å². The third-order valence-corrected chi connectivity index (χ3v) is 4.26. The quantitative estimate of drug-likeness (QED) is 0.767. The molecule has 0 aliphatic rings. The molecule has 0 aromatic heterocycles. The first-order chi connectivity index (χ1) is 10.2. The van der Waals surface area contributed by atoms with Crippen molar-refractivity contribution >= 4 is 21.4 Å². The van der Waals surface area contributed by atoms with Crippen LogP contribution in [0.15, 0.2) is 24.3 Å². The Bertz CT molecular complexity index is 597. The molecule has 0 spiro atoms. The normalized spacial score (nSPS) is 13.1. The molecule has 1 amide bonds. The minimum atomic E-state index is -2.98. The van der Waals surface area contributed by atoms with Gasteiger partial charge in [0.1, 0.15) is 9.84 Å². The van der Waals surface area contributed by atoms with Crippen molar-refractivity contribution in [2.45, 2.75) is 39.2 Å². The first kappa shape index (κ1) is 18.6. The minimum Gasteiger partial charge on any atom is -0.326 e. The Balaban J connectivity index is 2.49. The lowest BCUT2D eigenvalue weighted by Gasteiger charge is -2.16. The molecule has 2 N–H and O–H groups in total. The van der Waals surface area contributed by atoms with E-state index in [-0.39, 0.29) is 17.7 Å². The highest BCUT2D eigenvalue weighted by atomic mass is 32.2. The molecule has 0 aliphatic heterocycles. The van der Waals surface area contributed by atoms with Crippen LogP contribution in [-0.2, 0) is 14.6 Å². The number of hydrogen-bond acceptors (Lipinski definition) is 4. The number of para-hydroxylation sites is 1. The summed E-state index contributed by atoms with van der Waals surface area (Å²) in [4.78, 5) is 12.1. The van der Waals surface area contributed by atoms with Gasteiger partial charge in [0.2, 0.25) is 5.91 Å². The van der Waals surface area contributed by atoms with Gasteiger partial charge in [-0.25, -0.2) is 8.42 Å². The van der Waals surface area contributed by atoms with Gasteiger partial charge in [0.15, 0.2) is 0 Å². The lowest BCUT2D eigenvalue weighted by atomic mass is 10.0. The maximum Gasteiger partial charge on any atom is 0.225 e. The Labute approximate surface area is 133 Å². The van der Waals surface area contributed by atoms with E-state index in [0.29, 0.717) is 18.9 Å². The average Bonchev–Trinajstić information content (AvgIpc) is 2.37. The number of nitrogens with one attached hydrogen (secondary N) is 2. The molecule has 0 heterocycles.